The Kier molecular flexibility index (Phi) is 7.11. The zero-order valence-corrected chi connectivity index (χ0v) is 18.4. The van der Waals surface area contributed by atoms with Gasteiger partial charge in [0.15, 0.2) is 11.5 Å². The van der Waals surface area contributed by atoms with Gasteiger partial charge in [-0.3, -0.25) is 9.88 Å². The first-order chi connectivity index (χ1) is 14.7. The molecule has 30 heavy (non-hydrogen) atoms. The largest absolute Gasteiger partial charge is 0.490 e. The third-order valence-electron chi connectivity index (χ3n) is 6.17. The second-order valence-corrected chi connectivity index (χ2v) is 8.62. The molecule has 4 rings (SSSR count). The minimum Gasteiger partial charge on any atom is -0.490 e. The molecule has 1 aliphatic carbocycles. The quantitative estimate of drug-likeness (QED) is 0.650. The van der Waals surface area contributed by atoms with Gasteiger partial charge in [-0.1, -0.05) is 6.07 Å². The summed E-state index contributed by atoms with van der Waals surface area (Å²) in [6.07, 6.45) is 9.42. The van der Waals surface area contributed by atoms with Gasteiger partial charge in [-0.05, 0) is 82.2 Å². The van der Waals surface area contributed by atoms with Gasteiger partial charge < -0.3 is 14.8 Å². The normalized spacial score (nSPS) is 18.5. The van der Waals surface area contributed by atoms with E-state index in [-0.39, 0.29) is 0 Å². The molecule has 1 saturated heterocycles. The summed E-state index contributed by atoms with van der Waals surface area (Å²) in [7, 11) is 0. The second-order valence-electron chi connectivity index (χ2n) is 8.62. The topological polar surface area (TPSA) is 46.6 Å². The van der Waals surface area contributed by atoms with Crippen molar-refractivity contribution in [1.82, 2.24) is 9.88 Å². The number of aromatic nitrogens is 1. The van der Waals surface area contributed by atoms with Gasteiger partial charge in [0.25, 0.3) is 0 Å². The number of hydrogen-bond donors (Lipinski definition) is 1. The van der Waals surface area contributed by atoms with Crippen molar-refractivity contribution in [2.75, 3.05) is 25.0 Å². The summed E-state index contributed by atoms with van der Waals surface area (Å²) >= 11 is 0. The summed E-state index contributed by atoms with van der Waals surface area (Å²) in [6, 6.07) is 11.2. The van der Waals surface area contributed by atoms with Crippen LogP contribution in [-0.2, 0) is 6.54 Å². The molecule has 0 radical (unpaired) electrons. The summed E-state index contributed by atoms with van der Waals surface area (Å²) in [5.74, 6) is 1.80. The molecule has 1 N–H and O–H groups in total. The lowest BCUT2D eigenvalue weighted by Gasteiger charge is -2.33. The SMILES string of the molecule is CCOc1cc(CN2CCC(Nc3ccnc(C)c3)CC2)ccc1OC1CCCC1. The van der Waals surface area contributed by atoms with E-state index in [0.29, 0.717) is 18.8 Å². The highest BCUT2D eigenvalue weighted by Gasteiger charge is 2.21. The van der Waals surface area contributed by atoms with Crippen LogP contribution < -0.4 is 14.8 Å². The first kappa shape index (κ1) is 21.0. The molecule has 1 saturated carbocycles. The van der Waals surface area contributed by atoms with Gasteiger partial charge in [-0.15, -0.1) is 0 Å². The van der Waals surface area contributed by atoms with Crippen LogP contribution in [0.2, 0.25) is 0 Å². The van der Waals surface area contributed by atoms with Gasteiger partial charge in [-0.2, -0.15) is 0 Å². The van der Waals surface area contributed by atoms with Crippen molar-refractivity contribution in [3.8, 4) is 11.5 Å². The van der Waals surface area contributed by atoms with E-state index in [1.807, 2.05) is 20.0 Å². The number of ether oxygens (including phenoxy) is 2. The maximum absolute atomic E-state index is 6.23. The number of aryl methyl sites for hydroxylation is 1. The summed E-state index contributed by atoms with van der Waals surface area (Å²) in [6.45, 7) is 7.90. The highest BCUT2D eigenvalue weighted by Crippen LogP contribution is 2.33. The summed E-state index contributed by atoms with van der Waals surface area (Å²) in [5.41, 5.74) is 3.54. The molecule has 0 spiro atoms. The van der Waals surface area contributed by atoms with Crippen molar-refractivity contribution in [3.05, 3.63) is 47.8 Å². The molecule has 1 aromatic carbocycles. The van der Waals surface area contributed by atoms with Crippen LogP contribution in [0.25, 0.3) is 0 Å². The number of likely N-dealkylation sites (tertiary alicyclic amines) is 1. The predicted octanol–water partition coefficient (Wildman–Crippen LogP) is 5.19. The van der Waals surface area contributed by atoms with Gasteiger partial charge in [0.05, 0.1) is 12.7 Å². The van der Waals surface area contributed by atoms with E-state index in [0.717, 1.165) is 62.5 Å². The van der Waals surface area contributed by atoms with Crippen molar-refractivity contribution < 1.29 is 9.47 Å². The highest BCUT2D eigenvalue weighted by atomic mass is 16.5. The lowest BCUT2D eigenvalue weighted by molar-refractivity contribution is 0.195. The zero-order chi connectivity index (χ0) is 20.8. The fourth-order valence-electron chi connectivity index (χ4n) is 4.57. The Bertz CT molecular complexity index is 812. The molecule has 0 amide bonds. The lowest BCUT2D eigenvalue weighted by Crippen LogP contribution is -2.38. The fourth-order valence-corrected chi connectivity index (χ4v) is 4.57. The third kappa shape index (κ3) is 5.66. The average molecular weight is 410 g/mol. The number of hydrogen-bond acceptors (Lipinski definition) is 5. The van der Waals surface area contributed by atoms with Crippen molar-refractivity contribution >= 4 is 5.69 Å². The van der Waals surface area contributed by atoms with E-state index in [1.54, 1.807) is 0 Å². The average Bonchev–Trinajstić information content (AvgIpc) is 3.25. The van der Waals surface area contributed by atoms with E-state index < -0.39 is 0 Å². The molecule has 5 heteroatoms. The molecule has 0 bridgehead atoms. The second kappa shape index (κ2) is 10.2. The van der Waals surface area contributed by atoms with Crippen LogP contribution in [-0.4, -0.2) is 41.7 Å². The molecular weight excluding hydrogens is 374 g/mol. The minimum absolute atomic E-state index is 0.353. The van der Waals surface area contributed by atoms with Gasteiger partial charge in [-0.25, -0.2) is 0 Å². The molecule has 1 aliphatic heterocycles. The van der Waals surface area contributed by atoms with Crippen LogP contribution in [0.3, 0.4) is 0 Å². The Hall–Kier alpha value is -2.27. The number of rotatable bonds is 8. The summed E-state index contributed by atoms with van der Waals surface area (Å²) in [4.78, 5) is 6.82. The first-order valence-electron chi connectivity index (χ1n) is 11.5. The predicted molar refractivity (Wildman–Crippen MR) is 121 cm³/mol. The number of pyridine rings is 1. The number of piperidine rings is 1. The standard InChI is InChI=1S/C25H35N3O2/c1-3-29-25-17-20(8-9-24(25)30-23-6-4-5-7-23)18-28-14-11-21(12-15-28)27-22-10-13-26-19(2)16-22/h8-10,13,16-17,21,23H,3-7,11-12,14-15,18H2,1-2H3,(H,26,27). The van der Waals surface area contributed by atoms with Gasteiger partial charge in [0.2, 0.25) is 0 Å². The smallest absolute Gasteiger partial charge is 0.161 e. The Morgan fingerprint density at radius 2 is 1.83 bits per heavy atom. The van der Waals surface area contributed by atoms with E-state index in [4.69, 9.17) is 9.47 Å². The van der Waals surface area contributed by atoms with Crippen LogP contribution in [0.1, 0.15) is 56.7 Å². The molecule has 5 nitrogen and oxygen atoms in total. The summed E-state index contributed by atoms with van der Waals surface area (Å²) in [5, 5.41) is 3.67. The van der Waals surface area contributed by atoms with Crippen LogP contribution in [0.5, 0.6) is 11.5 Å². The lowest BCUT2D eigenvalue weighted by atomic mass is 10.0. The number of nitrogens with zero attached hydrogens (tertiary/aromatic N) is 2. The number of benzene rings is 1. The Labute approximate surface area is 180 Å². The van der Waals surface area contributed by atoms with Crippen LogP contribution in [0.15, 0.2) is 36.5 Å². The molecule has 2 heterocycles. The number of nitrogens with one attached hydrogen (secondary N) is 1. The minimum atomic E-state index is 0.353. The number of anilines is 1. The maximum atomic E-state index is 6.23. The molecule has 0 unspecified atom stereocenters. The fraction of sp³-hybridized carbons (Fsp3) is 0.560. The van der Waals surface area contributed by atoms with Crippen molar-refractivity contribution in [3.63, 3.8) is 0 Å². The molecule has 0 atom stereocenters. The molecule has 162 valence electrons. The van der Waals surface area contributed by atoms with Crippen molar-refractivity contribution in [2.45, 2.75) is 71.1 Å². The Balaban J connectivity index is 1.31. The maximum Gasteiger partial charge on any atom is 0.161 e. The van der Waals surface area contributed by atoms with E-state index in [2.05, 4.69) is 45.5 Å². The van der Waals surface area contributed by atoms with Crippen molar-refractivity contribution in [2.24, 2.45) is 0 Å². The van der Waals surface area contributed by atoms with Crippen LogP contribution >= 0.6 is 0 Å². The first-order valence-corrected chi connectivity index (χ1v) is 11.5. The highest BCUT2D eigenvalue weighted by molar-refractivity contribution is 5.44. The van der Waals surface area contributed by atoms with Crippen LogP contribution in [0.4, 0.5) is 5.69 Å². The van der Waals surface area contributed by atoms with E-state index in [9.17, 15) is 0 Å². The molecule has 2 aliphatic rings. The summed E-state index contributed by atoms with van der Waals surface area (Å²) < 4.78 is 12.1. The zero-order valence-electron chi connectivity index (χ0n) is 18.4. The van der Waals surface area contributed by atoms with Crippen molar-refractivity contribution in [1.29, 1.82) is 0 Å². The monoisotopic (exact) mass is 409 g/mol. The Morgan fingerprint density at radius 1 is 1.03 bits per heavy atom. The van der Waals surface area contributed by atoms with Gasteiger partial charge in [0.1, 0.15) is 0 Å². The molecule has 2 aromatic rings. The van der Waals surface area contributed by atoms with Gasteiger partial charge >= 0.3 is 0 Å². The van der Waals surface area contributed by atoms with E-state index in [1.165, 1.54) is 24.1 Å². The third-order valence-corrected chi connectivity index (χ3v) is 6.17. The molecule has 1 aromatic heterocycles. The molecule has 2 fully saturated rings. The molecular formula is C25H35N3O2. The van der Waals surface area contributed by atoms with E-state index >= 15 is 0 Å². The Morgan fingerprint density at radius 3 is 2.57 bits per heavy atom. The van der Waals surface area contributed by atoms with Gasteiger partial charge in [0, 0.05) is 43.3 Å². The van der Waals surface area contributed by atoms with Crippen LogP contribution in [0, 0.1) is 6.92 Å².